The lowest BCUT2D eigenvalue weighted by Crippen LogP contribution is -2.00. The standard InChI is InChI=1S/C30H15ClN4O2/c31-20-12-10-18(11-13-20)30-34-29-26(37-30)15-22(35(29)21-6-2-1-3-7-21)14-25-27(19(16-32)17-33)23-8-4-5-9-24(23)28(25)36/h1-15H/b25-14-. The molecule has 37 heavy (non-hydrogen) atoms. The Morgan fingerprint density at radius 1 is 0.919 bits per heavy atom. The van der Waals surface area contributed by atoms with Crippen LogP contribution in [-0.4, -0.2) is 15.3 Å². The molecular weight excluding hydrogens is 484 g/mol. The number of oxazole rings is 1. The topological polar surface area (TPSA) is 95.6 Å². The minimum Gasteiger partial charge on any atom is -0.434 e. The quantitative estimate of drug-likeness (QED) is 0.197. The number of carbonyl (C=O) groups is 1. The SMILES string of the molecule is N#CC(C#N)=C1/C(=C/c2cc3oc(-c4ccc(Cl)cc4)nc3n2-c2ccccc2)C(=O)c2ccccc21. The van der Waals surface area contributed by atoms with Crippen molar-refractivity contribution in [1.29, 1.82) is 10.5 Å². The third-order valence-electron chi connectivity index (χ3n) is 6.21. The van der Waals surface area contributed by atoms with E-state index >= 15 is 0 Å². The molecule has 0 unspecified atom stereocenters. The maximum absolute atomic E-state index is 13.4. The summed E-state index contributed by atoms with van der Waals surface area (Å²) in [6, 6.07) is 29.5. The maximum atomic E-state index is 13.4. The number of nitrogens with zero attached hydrogens (tertiary/aromatic N) is 4. The first-order valence-electron chi connectivity index (χ1n) is 11.3. The highest BCUT2D eigenvalue weighted by atomic mass is 35.5. The number of ketones is 1. The van der Waals surface area contributed by atoms with E-state index in [0.29, 0.717) is 44.5 Å². The summed E-state index contributed by atoms with van der Waals surface area (Å²) in [5.74, 6) is 0.188. The largest absolute Gasteiger partial charge is 0.434 e. The van der Waals surface area contributed by atoms with Gasteiger partial charge in [0.2, 0.25) is 5.89 Å². The zero-order chi connectivity index (χ0) is 25.5. The summed E-state index contributed by atoms with van der Waals surface area (Å²) >= 11 is 6.03. The van der Waals surface area contributed by atoms with E-state index in [9.17, 15) is 15.3 Å². The van der Waals surface area contributed by atoms with Crippen LogP contribution in [0.4, 0.5) is 0 Å². The number of para-hydroxylation sites is 1. The maximum Gasteiger partial charge on any atom is 0.228 e. The average Bonchev–Trinajstić information content (AvgIpc) is 3.56. The van der Waals surface area contributed by atoms with Crippen LogP contribution in [0.3, 0.4) is 0 Å². The second-order valence-corrected chi connectivity index (χ2v) is 8.80. The number of carbonyl (C=O) groups excluding carboxylic acids is 1. The van der Waals surface area contributed by atoms with Crippen molar-refractivity contribution in [3.63, 3.8) is 0 Å². The summed E-state index contributed by atoms with van der Waals surface area (Å²) in [7, 11) is 0. The molecule has 174 valence electrons. The van der Waals surface area contributed by atoms with Crippen molar-refractivity contribution < 1.29 is 9.21 Å². The number of allylic oxidation sites excluding steroid dienone is 3. The number of aromatic nitrogens is 2. The molecule has 2 heterocycles. The number of fused-ring (bicyclic) bond motifs is 2. The van der Waals surface area contributed by atoms with E-state index in [1.807, 2.05) is 59.2 Å². The van der Waals surface area contributed by atoms with Crippen LogP contribution in [-0.2, 0) is 0 Å². The van der Waals surface area contributed by atoms with Crippen molar-refractivity contribution in [2.75, 3.05) is 0 Å². The predicted molar refractivity (Wildman–Crippen MR) is 141 cm³/mol. The second-order valence-electron chi connectivity index (χ2n) is 8.36. The summed E-state index contributed by atoms with van der Waals surface area (Å²) in [6.07, 6.45) is 1.69. The summed E-state index contributed by atoms with van der Waals surface area (Å²) in [5, 5.41) is 19.9. The third-order valence-corrected chi connectivity index (χ3v) is 6.46. The molecule has 0 saturated heterocycles. The molecule has 3 aromatic carbocycles. The molecule has 0 fully saturated rings. The van der Waals surface area contributed by atoms with Crippen molar-refractivity contribution in [2.24, 2.45) is 0 Å². The molecule has 0 radical (unpaired) electrons. The molecule has 0 spiro atoms. The van der Waals surface area contributed by atoms with Crippen molar-refractivity contribution in [1.82, 2.24) is 9.55 Å². The van der Waals surface area contributed by atoms with Crippen LogP contribution in [0.5, 0.6) is 0 Å². The number of rotatable bonds is 3. The first kappa shape index (κ1) is 22.3. The lowest BCUT2D eigenvalue weighted by atomic mass is 9.99. The van der Waals surface area contributed by atoms with Gasteiger partial charge < -0.3 is 4.42 Å². The molecule has 1 aliphatic rings. The number of nitriles is 2. The molecule has 6 rings (SSSR count). The summed E-state index contributed by atoms with van der Waals surface area (Å²) < 4.78 is 7.99. The molecule has 1 aliphatic carbocycles. The number of Topliss-reactive ketones (excluding diaryl/α,β-unsaturated/α-hetero) is 1. The Morgan fingerprint density at radius 2 is 1.59 bits per heavy atom. The van der Waals surface area contributed by atoms with Crippen LogP contribution in [0.2, 0.25) is 5.02 Å². The Hall–Kier alpha value is -5.17. The van der Waals surface area contributed by atoms with E-state index in [0.717, 1.165) is 11.3 Å². The zero-order valence-electron chi connectivity index (χ0n) is 19.1. The normalized spacial score (nSPS) is 13.5. The van der Waals surface area contributed by atoms with Gasteiger partial charge in [0, 0.05) is 39.0 Å². The van der Waals surface area contributed by atoms with E-state index in [1.54, 1.807) is 48.5 Å². The summed E-state index contributed by atoms with van der Waals surface area (Å²) in [4.78, 5) is 18.2. The molecule has 0 atom stereocenters. The molecule has 7 heteroatoms. The Kier molecular flexibility index (Phi) is 5.31. The van der Waals surface area contributed by atoms with Crippen LogP contribution in [0, 0.1) is 22.7 Å². The van der Waals surface area contributed by atoms with E-state index < -0.39 is 0 Å². The summed E-state index contributed by atoms with van der Waals surface area (Å²) in [5.41, 5.74) is 4.82. The van der Waals surface area contributed by atoms with E-state index in [1.165, 1.54) is 0 Å². The molecule has 6 nitrogen and oxygen atoms in total. The van der Waals surface area contributed by atoms with Crippen LogP contribution in [0.1, 0.15) is 21.6 Å². The highest BCUT2D eigenvalue weighted by molar-refractivity contribution is 6.30. The third kappa shape index (κ3) is 3.65. The fourth-order valence-electron chi connectivity index (χ4n) is 4.56. The van der Waals surface area contributed by atoms with Crippen LogP contribution < -0.4 is 0 Å². The van der Waals surface area contributed by atoms with Crippen LogP contribution >= 0.6 is 11.6 Å². The van der Waals surface area contributed by atoms with Gasteiger partial charge >= 0.3 is 0 Å². The van der Waals surface area contributed by atoms with Gasteiger partial charge in [-0.05, 0) is 48.0 Å². The van der Waals surface area contributed by atoms with Crippen molar-refractivity contribution in [2.45, 2.75) is 0 Å². The molecule has 5 aromatic rings. The molecular formula is C30H15ClN4O2. The minimum atomic E-state index is -0.249. The predicted octanol–water partition coefficient (Wildman–Crippen LogP) is 7.02. The zero-order valence-corrected chi connectivity index (χ0v) is 19.9. The molecule has 2 aromatic heterocycles. The van der Waals surface area contributed by atoms with Gasteiger partial charge in [0.25, 0.3) is 0 Å². The van der Waals surface area contributed by atoms with E-state index in [4.69, 9.17) is 21.0 Å². The first-order chi connectivity index (χ1) is 18.1. The fraction of sp³-hybridized carbons (Fsp3) is 0. The smallest absolute Gasteiger partial charge is 0.228 e. The molecule has 0 bridgehead atoms. The summed E-state index contributed by atoms with van der Waals surface area (Å²) in [6.45, 7) is 0. The number of hydrogen-bond acceptors (Lipinski definition) is 5. The molecule has 0 aliphatic heterocycles. The van der Waals surface area contributed by atoms with Crippen LogP contribution in [0.25, 0.3) is 40.0 Å². The van der Waals surface area contributed by atoms with Crippen molar-refractivity contribution >= 4 is 40.3 Å². The average molecular weight is 499 g/mol. The monoisotopic (exact) mass is 498 g/mol. The van der Waals surface area contributed by atoms with E-state index in [2.05, 4.69) is 0 Å². The highest BCUT2D eigenvalue weighted by Crippen LogP contribution is 2.40. The second kappa shape index (κ2) is 8.80. The lowest BCUT2D eigenvalue weighted by molar-refractivity contribution is 0.104. The Labute approximate surface area is 216 Å². The van der Waals surface area contributed by atoms with Gasteiger partial charge in [0.15, 0.2) is 17.0 Å². The van der Waals surface area contributed by atoms with Gasteiger partial charge in [0.05, 0.1) is 5.69 Å². The van der Waals surface area contributed by atoms with Gasteiger partial charge in [0.1, 0.15) is 17.7 Å². The Morgan fingerprint density at radius 3 is 2.30 bits per heavy atom. The van der Waals surface area contributed by atoms with Crippen molar-refractivity contribution in [3.05, 3.63) is 118 Å². The fourth-order valence-corrected chi connectivity index (χ4v) is 4.69. The first-order valence-corrected chi connectivity index (χ1v) is 11.7. The Bertz CT molecular complexity index is 1840. The van der Waals surface area contributed by atoms with Gasteiger partial charge in [-0.1, -0.05) is 54.1 Å². The highest BCUT2D eigenvalue weighted by Gasteiger charge is 2.32. The number of hydrogen-bond donors (Lipinski definition) is 0. The van der Waals surface area contributed by atoms with Crippen molar-refractivity contribution in [3.8, 4) is 29.3 Å². The molecule has 0 saturated carbocycles. The van der Waals surface area contributed by atoms with E-state index in [-0.39, 0.29) is 16.9 Å². The van der Waals surface area contributed by atoms with Gasteiger partial charge in [-0.2, -0.15) is 15.5 Å². The van der Waals surface area contributed by atoms with Crippen LogP contribution in [0.15, 0.2) is 100 Å². The van der Waals surface area contributed by atoms with Gasteiger partial charge in [-0.15, -0.1) is 0 Å². The molecule has 0 N–H and O–H groups in total. The lowest BCUT2D eigenvalue weighted by Gasteiger charge is -2.08. The molecule has 0 amide bonds. The van der Waals surface area contributed by atoms with Gasteiger partial charge in [-0.25, -0.2) is 0 Å². The minimum absolute atomic E-state index is 0.116. The number of benzene rings is 3. The number of halogens is 1. The van der Waals surface area contributed by atoms with Gasteiger partial charge in [-0.3, -0.25) is 9.36 Å². The Balaban J connectivity index is 1.59.